The van der Waals surface area contributed by atoms with Gasteiger partial charge in [0.05, 0.1) is 63.5 Å². The van der Waals surface area contributed by atoms with Crippen molar-refractivity contribution in [1.29, 1.82) is 0 Å². The minimum absolute atomic E-state index is 0. The standard InChI is InChI=1S/4C10H16O4S.C3H4S2.2K.Ni/c4*1-9(2)7-3-4-10(9,8(11)5-7)6-15(12,13)14;1-2-4-5-3-1;;;/h4*7H,3-6H2,1-2H3,(H,12,13,14);1-2H,3H2;;;/q;;;;;2*+1;+2/p-4. The molecule has 0 N–H and O–H groups in total. The molecule has 1 aliphatic heterocycles. The summed E-state index contributed by atoms with van der Waals surface area (Å²) >= 11 is 0. The molecule has 380 valence electrons. The molecular weight excluding hydrogens is 1100 g/mol. The number of Topliss-reactive ketones (excluding diaryl/α,β-unsaturated/α-hetero) is 4. The van der Waals surface area contributed by atoms with Crippen LogP contribution in [0, 0.1) is 67.0 Å². The summed E-state index contributed by atoms with van der Waals surface area (Å²) in [5.41, 5.74) is -4.89. The Balaban J connectivity index is 0.000000296. The number of carbonyl (C=O) groups excluding carboxylic acids is 4. The van der Waals surface area contributed by atoms with Crippen molar-refractivity contribution < 1.29 is 190 Å². The van der Waals surface area contributed by atoms with Gasteiger partial charge >= 0.3 is 119 Å². The van der Waals surface area contributed by atoms with E-state index < -0.39 is 85.1 Å². The molecule has 25 heteroatoms. The van der Waals surface area contributed by atoms with Gasteiger partial charge in [0.25, 0.3) is 0 Å². The number of hydrogen-bond donors (Lipinski definition) is 0. The van der Waals surface area contributed by atoms with Crippen molar-refractivity contribution in [3.8, 4) is 0 Å². The molecule has 8 unspecified atom stereocenters. The maximum absolute atomic E-state index is 11.8. The third-order valence-corrected chi connectivity index (χ3v) is 23.9. The molecule has 8 fully saturated rings. The molecule has 1 heterocycles. The Morgan fingerprint density at radius 2 is 0.662 bits per heavy atom. The maximum Gasteiger partial charge on any atom is 2.00 e. The van der Waals surface area contributed by atoms with Crippen molar-refractivity contribution in [3.63, 3.8) is 0 Å². The van der Waals surface area contributed by atoms with E-state index in [4.69, 9.17) is 0 Å². The maximum atomic E-state index is 11.8. The van der Waals surface area contributed by atoms with Gasteiger partial charge in [-0.15, -0.1) is 0 Å². The van der Waals surface area contributed by atoms with E-state index in [1.54, 1.807) is 0 Å². The summed E-state index contributed by atoms with van der Waals surface area (Å²) in [6.45, 7) is 15.3. The predicted octanol–water partition coefficient (Wildman–Crippen LogP) is -0.391. The van der Waals surface area contributed by atoms with Gasteiger partial charge in [-0.2, -0.15) is 0 Å². The topological polar surface area (TPSA) is 297 Å². The molecule has 8 saturated carbocycles. The summed E-state index contributed by atoms with van der Waals surface area (Å²) in [7, 11) is -13.6. The van der Waals surface area contributed by atoms with Crippen LogP contribution in [0.4, 0.5) is 0 Å². The Morgan fingerprint density at radius 1 is 0.456 bits per heavy atom. The second kappa shape index (κ2) is 22.9. The molecule has 0 amide bonds. The molecule has 0 saturated heterocycles. The summed E-state index contributed by atoms with van der Waals surface area (Å²) in [6, 6.07) is 0. The van der Waals surface area contributed by atoms with E-state index in [2.05, 4.69) is 11.5 Å². The van der Waals surface area contributed by atoms with Gasteiger partial charge in [-0.1, -0.05) is 83.1 Å². The fourth-order valence-corrected chi connectivity index (χ4v) is 20.5. The first-order valence-corrected chi connectivity index (χ1v) is 30.8. The second-order valence-corrected chi connectivity index (χ2v) is 30.2. The zero-order valence-electron chi connectivity index (χ0n) is 40.8. The molecule has 0 radical (unpaired) electrons. The summed E-state index contributed by atoms with van der Waals surface area (Å²) in [6.07, 6.45) is 9.67. The van der Waals surface area contributed by atoms with Gasteiger partial charge in [0, 0.05) is 53.1 Å². The largest absolute Gasteiger partial charge is 2.00 e. The number of carbonyl (C=O) groups is 4. The van der Waals surface area contributed by atoms with Crippen LogP contribution in [-0.4, -0.2) is 104 Å². The first-order chi connectivity index (χ1) is 29.3. The third-order valence-electron chi connectivity index (χ3n) is 18.6. The summed E-state index contributed by atoms with van der Waals surface area (Å²) in [4.78, 5) is 47.4. The molecule has 8 bridgehead atoms. The fraction of sp³-hybridized carbons (Fsp3) is 0.860. The molecule has 8 aliphatic carbocycles. The van der Waals surface area contributed by atoms with Crippen molar-refractivity contribution in [3.05, 3.63) is 11.5 Å². The molecule has 8 atom stereocenters. The van der Waals surface area contributed by atoms with E-state index in [0.29, 0.717) is 51.4 Å². The average molecular weight is 1170 g/mol. The summed E-state index contributed by atoms with van der Waals surface area (Å²) in [5.74, 6) is 0.0784. The van der Waals surface area contributed by atoms with Crippen LogP contribution in [-0.2, 0) is 76.1 Å². The zero-order valence-corrected chi connectivity index (χ0v) is 52.9. The molecule has 0 spiro atoms. The van der Waals surface area contributed by atoms with E-state index in [9.17, 15) is 71.1 Å². The predicted molar refractivity (Wildman–Crippen MR) is 242 cm³/mol. The van der Waals surface area contributed by atoms with Gasteiger partial charge in [0.1, 0.15) is 23.1 Å². The molecule has 0 aromatic rings. The summed E-state index contributed by atoms with van der Waals surface area (Å²) < 4.78 is 131. The molecular formula is C43H64K2NiO16S6. The quantitative estimate of drug-likeness (QED) is 0.170. The number of hydrogen-bond acceptors (Lipinski definition) is 18. The van der Waals surface area contributed by atoms with Crippen LogP contribution in [0.1, 0.15) is 132 Å². The van der Waals surface area contributed by atoms with Crippen LogP contribution in [0.15, 0.2) is 11.5 Å². The van der Waals surface area contributed by atoms with Gasteiger partial charge in [0.2, 0.25) is 0 Å². The molecule has 0 aromatic carbocycles. The molecule has 9 aliphatic rings. The Hall–Kier alpha value is 2.53. The Labute approximate surface area is 507 Å². The van der Waals surface area contributed by atoms with Crippen LogP contribution in [0.2, 0.25) is 0 Å². The van der Waals surface area contributed by atoms with Crippen molar-refractivity contribution >= 4 is 85.2 Å². The first-order valence-electron chi connectivity index (χ1n) is 22.1. The van der Waals surface area contributed by atoms with Crippen LogP contribution < -0.4 is 103 Å². The van der Waals surface area contributed by atoms with Crippen molar-refractivity contribution in [2.45, 2.75) is 132 Å². The Bertz CT molecular complexity index is 2120. The van der Waals surface area contributed by atoms with Crippen molar-refractivity contribution in [2.75, 3.05) is 28.8 Å². The molecule has 16 nitrogen and oxygen atoms in total. The number of fused-ring (bicyclic) bond motifs is 8. The van der Waals surface area contributed by atoms with E-state index in [-0.39, 0.29) is 188 Å². The van der Waals surface area contributed by atoms with Gasteiger partial charge in [-0.25, -0.2) is 33.7 Å². The first kappa shape index (κ1) is 66.6. The normalized spacial score (nSPS) is 35.6. The zero-order chi connectivity index (χ0) is 49.5. The fourth-order valence-electron chi connectivity index (χ4n) is 13.8. The number of ketones is 4. The second-order valence-electron chi connectivity index (χ2n) is 22.2. The van der Waals surface area contributed by atoms with Crippen LogP contribution in [0.5, 0.6) is 0 Å². The molecule has 68 heavy (non-hydrogen) atoms. The molecule has 0 aromatic heterocycles. The smallest absolute Gasteiger partial charge is 0.748 e. The number of rotatable bonds is 8. The average Bonchev–Trinajstić information content (AvgIpc) is 4.00. The van der Waals surface area contributed by atoms with E-state index in [1.165, 1.54) is 5.75 Å². The van der Waals surface area contributed by atoms with Gasteiger partial charge in [-0.05, 0) is 102 Å². The van der Waals surface area contributed by atoms with E-state index >= 15 is 0 Å². The van der Waals surface area contributed by atoms with Gasteiger partial charge in [-0.3, -0.25) is 19.2 Å². The Morgan fingerprint density at radius 3 is 0.750 bits per heavy atom. The third kappa shape index (κ3) is 12.9. The van der Waals surface area contributed by atoms with Crippen LogP contribution in [0.3, 0.4) is 0 Å². The van der Waals surface area contributed by atoms with Crippen LogP contribution >= 0.6 is 21.6 Å². The van der Waals surface area contributed by atoms with Gasteiger partial charge in [0.15, 0.2) is 0 Å². The van der Waals surface area contributed by atoms with Gasteiger partial charge < -0.3 is 18.2 Å². The molecule has 9 rings (SSSR count). The van der Waals surface area contributed by atoms with Crippen molar-refractivity contribution in [2.24, 2.45) is 67.0 Å². The minimum atomic E-state index is -4.33. The monoisotopic (exact) mass is 1160 g/mol. The van der Waals surface area contributed by atoms with Crippen LogP contribution in [0.25, 0.3) is 0 Å². The minimum Gasteiger partial charge on any atom is -0.748 e. The SMILES string of the molecule is C1=CSSC1.CC1(C)C2CCC1(CS(=O)(=O)[O-])C(=O)C2.CC1(C)C2CCC1(CS(=O)(=O)[O-])C(=O)C2.CC1(C)C2CCC1(CS(=O)(=O)[O-])C(=O)C2.CC1(C)C2CCC1(CS(=O)(=O)[O-])C(=O)C2.[K+].[K+].[Ni+2]. The van der Waals surface area contributed by atoms with Crippen molar-refractivity contribution in [1.82, 2.24) is 0 Å². The van der Waals surface area contributed by atoms with E-state index in [0.717, 1.165) is 25.7 Å². The Kier molecular flexibility index (Phi) is 22.4. The summed E-state index contributed by atoms with van der Waals surface area (Å²) in [5, 5.41) is 2.12. The van der Waals surface area contributed by atoms with E-state index in [1.807, 2.05) is 77.0 Å².